The van der Waals surface area contributed by atoms with E-state index >= 15 is 0 Å². The van der Waals surface area contributed by atoms with Gasteiger partial charge in [-0.25, -0.2) is 0 Å². The normalized spacial score (nSPS) is 10.3. The van der Waals surface area contributed by atoms with Gasteiger partial charge in [-0.05, 0) is 47.8 Å². The highest BCUT2D eigenvalue weighted by Gasteiger charge is 2.07. The molecular weight excluding hydrogens is 290 g/mol. The van der Waals surface area contributed by atoms with Crippen LogP contribution in [0.15, 0.2) is 35.3 Å². The molecule has 0 atom stereocenters. The number of halogens is 1. The van der Waals surface area contributed by atoms with Gasteiger partial charge in [0.1, 0.15) is 5.75 Å². The molecule has 1 rings (SSSR count). The quantitative estimate of drug-likeness (QED) is 0.542. The molecule has 0 unspecified atom stereocenters. The standard InChI is InChI=1S/C15H22BrNO/c1-3-5-6-11-18-15-13(12-17-10-4-2)8-7-9-14(15)16/h3,7-9,17H,1,4-6,10-12H2,2H3. The summed E-state index contributed by atoms with van der Waals surface area (Å²) < 4.78 is 6.89. The van der Waals surface area contributed by atoms with Gasteiger partial charge in [0.05, 0.1) is 11.1 Å². The summed E-state index contributed by atoms with van der Waals surface area (Å²) in [5.74, 6) is 0.963. The Hall–Kier alpha value is -0.800. The molecule has 0 aliphatic heterocycles. The Bertz CT molecular complexity index is 366. The lowest BCUT2D eigenvalue weighted by Gasteiger charge is -2.13. The van der Waals surface area contributed by atoms with Gasteiger partial charge in [-0.2, -0.15) is 0 Å². The molecule has 0 radical (unpaired) electrons. The summed E-state index contributed by atoms with van der Waals surface area (Å²) in [6, 6.07) is 6.17. The molecule has 0 aromatic heterocycles. The Balaban J connectivity index is 2.58. The average molecular weight is 312 g/mol. The van der Waals surface area contributed by atoms with Gasteiger partial charge in [0.25, 0.3) is 0 Å². The number of nitrogens with one attached hydrogen (secondary N) is 1. The van der Waals surface area contributed by atoms with Crippen LogP contribution in [0.5, 0.6) is 5.75 Å². The molecule has 3 heteroatoms. The second-order valence-electron chi connectivity index (χ2n) is 4.18. The number of benzene rings is 1. The SMILES string of the molecule is C=CCCCOc1c(Br)cccc1CNCCC. The van der Waals surface area contributed by atoms with Crippen molar-refractivity contribution in [3.63, 3.8) is 0 Å². The summed E-state index contributed by atoms with van der Waals surface area (Å²) >= 11 is 3.55. The van der Waals surface area contributed by atoms with Crippen molar-refractivity contribution in [2.75, 3.05) is 13.2 Å². The van der Waals surface area contributed by atoms with Gasteiger partial charge in [0.2, 0.25) is 0 Å². The van der Waals surface area contributed by atoms with Crippen molar-refractivity contribution in [1.29, 1.82) is 0 Å². The molecule has 0 fully saturated rings. The Morgan fingerprint density at radius 1 is 1.44 bits per heavy atom. The number of rotatable bonds is 9. The number of ether oxygens (including phenoxy) is 1. The van der Waals surface area contributed by atoms with Gasteiger partial charge in [-0.15, -0.1) is 6.58 Å². The molecule has 2 nitrogen and oxygen atoms in total. The molecule has 0 aliphatic rings. The van der Waals surface area contributed by atoms with Gasteiger partial charge < -0.3 is 10.1 Å². The smallest absolute Gasteiger partial charge is 0.137 e. The Morgan fingerprint density at radius 3 is 3.00 bits per heavy atom. The first-order chi connectivity index (χ1) is 8.79. The van der Waals surface area contributed by atoms with Crippen LogP contribution in [0.4, 0.5) is 0 Å². The zero-order valence-corrected chi connectivity index (χ0v) is 12.6. The molecule has 0 spiro atoms. The van der Waals surface area contributed by atoms with Gasteiger partial charge in [-0.1, -0.05) is 25.1 Å². The van der Waals surface area contributed by atoms with Crippen molar-refractivity contribution in [1.82, 2.24) is 5.32 Å². The third-order valence-corrected chi connectivity index (χ3v) is 3.21. The van der Waals surface area contributed by atoms with Crippen LogP contribution >= 0.6 is 15.9 Å². The lowest BCUT2D eigenvalue weighted by molar-refractivity contribution is 0.306. The van der Waals surface area contributed by atoms with Crippen LogP contribution in [-0.4, -0.2) is 13.2 Å². The van der Waals surface area contributed by atoms with Crippen LogP contribution in [0, 0.1) is 0 Å². The first-order valence-corrected chi connectivity index (χ1v) is 7.30. The van der Waals surface area contributed by atoms with E-state index in [2.05, 4.69) is 40.8 Å². The summed E-state index contributed by atoms with van der Waals surface area (Å²) in [5.41, 5.74) is 1.21. The number of allylic oxidation sites excluding steroid dienone is 1. The summed E-state index contributed by atoms with van der Waals surface area (Å²) in [6.07, 6.45) is 5.07. The molecule has 1 aromatic carbocycles. The lowest BCUT2D eigenvalue weighted by atomic mass is 10.2. The predicted molar refractivity (Wildman–Crippen MR) is 81.1 cm³/mol. The third kappa shape index (κ3) is 5.23. The number of unbranched alkanes of at least 4 members (excludes halogenated alkanes) is 1. The van der Waals surface area contributed by atoms with Gasteiger partial charge in [-0.3, -0.25) is 0 Å². The first-order valence-electron chi connectivity index (χ1n) is 6.51. The Labute approximate surface area is 119 Å². The van der Waals surface area contributed by atoms with E-state index < -0.39 is 0 Å². The van der Waals surface area contributed by atoms with Gasteiger partial charge in [0, 0.05) is 12.1 Å². The largest absolute Gasteiger partial charge is 0.492 e. The predicted octanol–water partition coefficient (Wildman–Crippen LogP) is 4.29. The summed E-state index contributed by atoms with van der Waals surface area (Å²) in [4.78, 5) is 0. The summed E-state index contributed by atoms with van der Waals surface area (Å²) in [5, 5.41) is 3.40. The first kappa shape index (κ1) is 15.3. The van der Waals surface area contributed by atoms with Crippen molar-refractivity contribution in [2.45, 2.75) is 32.7 Å². The van der Waals surface area contributed by atoms with Crippen LogP contribution in [0.1, 0.15) is 31.7 Å². The van der Waals surface area contributed by atoms with Crippen LogP contribution in [0.25, 0.3) is 0 Å². The fourth-order valence-electron chi connectivity index (χ4n) is 1.66. The van der Waals surface area contributed by atoms with E-state index in [0.717, 1.165) is 49.2 Å². The maximum absolute atomic E-state index is 5.87. The monoisotopic (exact) mass is 311 g/mol. The molecule has 0 aliphatic carbocycles. The summed E-state index contributed by atoms with van der Waals surface area (Å²) in [6.45, 7) is 8.50. The minimum Gasteiger partial charge on any atom is -0.492 e. The van der Waals surface area contributed by atoms with E-state index in [1.54, 1.807) is 0 Å². The topological polar surface area (TPSA) is 21.3 Å². The van der Waals surface area contributed by atoms with Gasteiger partial charge >= 0.3 is 0 Å². The molecule has 18 heavy (non-hydrogen) atoms. The fourth-order valence-corrected chi connectivity index (χ4v) is 2.18. The lowest BCUT2D eigenvalue weighted by Crippen LogP contribution is -2.15. The minimum atomic E-state index is 0.732. The number of para-hydroxylation sites is 1. The zero-order chi connectivity index (χ0) is 13.2. The molecule has 1 N–H and O–H groups in total. The van der Waals surface area contributed by atoms with E-state index in [1.807, 2.05) is 18.2 Å². The molecule has 0 bridgehead atoms. The highest BCUT2D eigenvalue weighted by molar-refractivity contribution is 9.10. The number of hydrogen-bond acceptors (Lipinski definition) is 2. The third-order valence-electron chi connectivity index (χ3n) is 2.59. The van der Waals surface area contributed by atoms with Crippen LogP contribution in [-0.2, 0) is 6.54 Å². The van der Waals surface area contributed by atoms with Crippen molar-refractivity contribution >= 4 is 15.9 Å². The van der Waals surface area contributed by atoms with E-state index in [9.17, 15) is 0 Å². The van der Waals surface area contributed by atoms with Crippen LogP contribution in [0.3, 0.4) is 0 Å². The van der Waals surface area contributed by atoms with Crippen LogP contribution in [0.2, 0.25) is 0 Å². The van der Waals surface area contributed by atoms with Crippen molar-refractivity contribution in [3.8, 4) is 5.75 Å². The molecule has 100 valence electrons. The maximum atomic E-state index is 5.87. The zero-order valence-electron chi connectivity index (χ0n) is 11.0. The van der Waals surface area contributed by atoms with E-state index in [4.69, 9.17) is 4.74 Å². The Morgan fingerprint density at radius 2 is 2.28 bits per heavy atom. The number of hydrogen-bond donors (Lipinski definition) is 1. The summed E-state index contributed by atoms with van der Waals surface area (Å²) in [7, 11) is 0. The van der Waals surface area contributed by atoms with Crippen molar-refractivity contribution in [2.24, 2.45) is 0 Å². The van der Waals surface area contributed by atoms with Crippen LogP contribution < -0.4 is 10.1 Å². The molecule has 1 aromatic rings. The van der Waals surface area contributed by atoms with E-state index in [1.165, 1.54) is 5.56 Å². The van der Waals surface area contributed by atoms with E-state index in [0.29, 0.717) is 0 Å². The second-order valence-corrected chi connectivity index (χ2v) is 5.04. The molecule has 0 saturated heterocycles. The van der Waals surface area contributed by atoms with Crippen molar-refractivity contribution in [3.05, 3.63) is 40.9 Å². The average Bonchev–Trinajstić information content (AvgIpc) is 2.37. The maximum Gasteiger partial charge on any atom is 0.137 e. The minimum absolute atomic E-state index is 0.732. The fraction of sp³-hybridized carbons (Fsp3) is 0.467. The molecular formula is C15H22BrNO. The van der Waals surface area contributed by atoms with Gasteiger partial charge in [0.15, 0.2) is 0 Å². The van der Waals surface area contributed by atoms with E-state index in [-0.39, 0.29) is 0 Å². The molecule has 0 amide bonds. The molecule has 0 saturated carbocycles. The highest BCUT2D eigenvalue weighted by atomic mass is 79.9. The second kappa shape index (κ2) is 9.17. The van der Waals surface area contributed by atoms with Crippen molar-refractivity contribution < 1.29 is 4.74 Å². The molecule has 0 heterocycles. The highest BCUT2D eigenvalue weighted by Crippen LogP contribution is 2.29. The Kier molecular flexibility index (Phi) is 7.78.